The molecule has 1 heterocycles. The van der Waals surface area contributed by atoms with Crippen molar-refractivity contribution < 1.29 is 17.9 Å². The van der Waals surface area contributed by atoms with E-state index in [-0.39, 0.29) is 17.3 Å². The Balaban J connectivity index is 1.61. The third-order valence-corrected chi connectivity index (χ3v) is 7.27. The summed E-state index contributed by atoms with van der Waals surface area (Å²) in [5, 5.41) is 2.87. The number of hydrogen-bond donors (Lipinski definition) is 1. The minimum absolute atomic E-state index is 0.105. The molecule has 0 fully saturated rings. The van der Waals surface area contributed by atoms with Crippen LogP contribution >= 0.6 is 0 Å². The summed E-state index contributed by atoms with van der Waals surface area (Å²) in [6.45, 7) is 6.03. The van der Waals surface area contributed by atoms with Gasteiger partial charge in [-0.1, -0.05) is 53.6 Å². The van der Waals surface area contributed by atoms with Crippen molar-refractivity contribution in [1.29, 1.82) is 0 Å². The van der Waals surface area contributed by atoms with Crippen LogP contribution in [0.5, 0.6) is 5.75 Å². The number of fused-ring (bicyclic) bond motifs is 1. The number of carbonyl (C=O) groups is 1. The average Bonchev–Trinajstić information content (AvgIpc) is 2.77. The number of benzene rings is 3. The summed E-state index contributed by atoms with van der Waals surface area (Å²) < 4.78 is 34.1. The first-order chi connectivity index (χ1) is 15.2. The third kappa shape index (κ3) is 4.48. The lowest BCUT2D eigenvalue weighted by molar-refractivity contribution is -0.127. The van der Waals surface area contributed by atoms with E-state index < -0.39 is 16.1 Å². The van der Waals surface area contributed by atoms with Gasteiger partial charge >= 0.3 is 0 Å². The molecule has 1 amide bonds. The Labute approximate surface area is 188 Å². The molecule has 0 saturated heterocycles. The van der Waals surface area contributed by atoms with Gasteiger partial charge in [0.2, 0.25) is 0 Å². The number of amides is 1. The summed E-state index contributed by atoms with van der Waals surface area (Å²) in [7, 11) is -3.87. The molecule has 1 atom stereocenters. The number of rotatable bonds is 5. The van der Waals surface area contributed by atoms with E-state index in [1.807, 2.05) is 51.1 Å². The van der Waals surface area contributed by atoms with E-state index in [1.54, 1.807) is 36.4 Å². The van der Waals surface area contributed by atoms with Gasteiger partial charge in [0.25, 0.3) is 15.9 Å². The Morgan fingerprint density at radius 1 is 0.938 bits per heavy atom. The fraction of sp³-hybridized carbons (Fsp3) is 0.240. The molecule has 0 aliphatic carbocycles. The second-order valence-corrected chi connectivity index (χ2v) is 9.99. The molecular weight excluding hydrogens is 424 g/mol. The molecule has 4 rings (SSSR count). The number of anilines is 1. The van der Waals surface area contributed by atoms with Gasteiger partial charge in [-0.3, -0.25) is 9.10 Å². The molecule has 32 heavy (non-hydrogen) atoms. The van der Waals surface area contributed by atoms with Crippen molar-refractivity contribution in [3.8, 4) is 5.75 Å². The predicted octanol–water partition coefficient (Wildman–Crippen LogP) is 3.88. The molecule has 0 bridgehead atoms. The van der Waals surface area contributed by atoms with Gasteiger partial charge in [-0.2, -0.15) is 0 Å². The van der Waals surface area contributed by atoms with Gasteiger partial charge in [0.05, 0.1) is 17.1 Å². The topological polar surface area (TPSA) is 75.7 Å². The Bertz CT molecular complexity index is 1240. The van der Waals surface area contributed by atoms with Crippen molar-refractivity contribution >= 4 is 21.6 Å². The fourth-order valence-electron chi connectivity index (χ4n) is 3.57. The molecule has 0 radical (unpaired) electrons. The van der Waals surface area contributed by atoms with E-state index in [9.17, 15) is 13.2 Å². The summed E-state index contributed by atoms with van der Waals surface area (Å²) in [5.41, 5.74) is 4.41. The van der Waals surface area contributed by atoms with Crippen molar-refractivity contribution in [3.63, 3.8) is 0 Å². The fourth-order valence-corrected chi connectivity index (χ4v) is 5.05. The third-order valence-electron chi connectivity index (χ3n) is 5.47. The van der Waals surface area contributed by atoms with Gasteiger partial charge in [-0.25, -0.2) is 8.42 Å². The SMILES string of the molecule is Cc1ccc(CNC(=O)C2CN(S(=O)(=O)c3ccc(C)cc3)c3ccc(C)cc3O2)cc1. The molecule has 7 heteroatoms. The maximum Gasteiger partial charge on any atom is 0.264 e. The monoisotopic (exact) mass is 450 g/mol. The molecule has 0 aromatic heterocycles. The van der Waals surface area contributed by atoms with Gasteiger partial charge in [0.1, 0.15) is 5.75 Å². The van der Waals surface area contributed by atoms with Gasteiger partial charge in [-0.15, -0.1) is 0 Å². The Kier molecular flexibility index (Phi) is 5.93. The number of sulfonamides is 1. The molecule has 1 N–H and O–H groups in total. The summed E-state index contributed by atoms with van der Waals surface area (Å²) in [6.07, 6.45) is -0.963. The molecule has 3 aromatic carbocycles. The van der Waals surface area contributed by atoms with Crippen LogP contribution in [0.3, 0.4) is 0 Å². The molecule has 1 aliphatic heterocycles. The standard InChI is InChI=1S/C25H26N2O4S/c1-17-4-9-20(10-5-17)15-26-25(28)24-16-27(22-13-8-19(3)14-23(22)31-24)32(29,30)21-11-6-18(2)7-12-21/h4-14,24H,15-16H2,1-3H3,(H,26,28). The number of nitrogens with zero attached hydrogens (tertiary/aromatic N) is 1. The van der Waals surface area contributed by atoms with Crippen LogP contribution in [0.2, 0.25) is 0 Å². The Morgan fingerprint density at radius 3 is 2.19 bits per heavy atom. The number of aryl methyl sites for hydroxylation is 3. The second-order valence-electron chi connectivity index (χ2n) is 8.13. The number of hydrogen-bond acceptors (Lipinski definition) is 4. The van der Waals surface area contributed by atoms with E-state index in [1.165, 1.54) is 4.31 Å². The Hall–Kier alpha value is -3.32. The van der Waals surface area contributed by atoms with E-state index in [4.69, 9.17) is 4.74 Å². The van der Waals surface area contributed by atoms with Crippen molar-refractivity contribution in [2.75, 3.05) is 10.8 Å². The number of nitrogens with one attached hydrogen (secondary N) is 1. The molecule has 166 valence electrons. The van der Waals surface area contributed by atoms with Crippen molar-refractivity contribution in [2.45, 2.75) is 38.3 Å². The molecule has 1 unspecified atom stereocenters. The molecule has 0 saturated carbocycles. The average molecular weight is 451 g/mol. The van der Waals surface area contributed by atoms with Crippen LogP contribution in [0.25, 0.3) is 0 Å². The van der Waals surface area contributed by atoms with Crippen LogP contribution in [0.4, 0.5) is 5.69 Å². The Morgan fingerprint density at radius 2 is 1.53 bits per heavy atom. The zero-order chi connectivity index (χ0) is 22.9. The van der Waals surface area contributed by atoms with Crippen LogP contribution < -0.4 is 14.4 Å². The highest BCUT2D eigenvalue weighted by Crippen LogP contribution is 2.37. The summed E-state index contributed by atoms with van der Waals surface area (Å²) in [5.74, 6) is 0.0178. The predicted molar refractivity (Wildman–Crippen MR) is 124 cm³/mol. The number of ether oxygens (including phenoxy) is 1. The highest BCUT2D eigenvalue weighted by Gasteiger charge is 2.37. The lowest BCUT2D eigenvalue weighted by atomic mass is 10.1. The van der Waals surface area contributed by atoms with Gasteiger partial charge in [-0.05, 0) is 56.2 Å². The van der Waals surface area contributed by atoms with Gasteiger partial charge in [0.15, 0.2) is 6.10 Å². The molecule has 1 aliphatic rings. The molecule has 6 nitrogen and oxygen atoms in total. The van der Waals surface area contributed by atoms with E-state index in [2.05, 4.69) is 5.32 Å². The maximum atomic E-state index is 13.5. The normalized spacial score (nSPS) is 15.6. The minimum atomic E-state index is -3.87. The lowest BCUT2D eigenvalue weighted by Gasteiger charge is -2.35. The van der Waals surface area contributed by atoms with E-state index in [0.717, 1.165) is 22.3 Å². The van der Waals surface area contributed by atoms with Gasteiger partial charge < -0.3 is 10.1 Å². The summed E-state index contributed by atoms with van der Waals surface area (Å²) >= 11 is 0. The molecule has 0 spiro atoms. The highest BCUT2D eigenvalue weighted by atomic mass is 32.2. The maximum absolute atomic E-state index is 13.5. The quantitative estimate of drug-likeness (QED) is 0.640. The van der Waals surface area contributed by atoms with Crippen LogP contribution in [0.1, 0.15) is 22.3 Å². The number of carbonyl (C=O) groups excluding carboxylic acids is 1. The highest BCUT2D eigenvalue weighted by molar-refractivity contribution is 7.92. The van der Waals surface area contributed by atoms with E-state index in [0.29, 0.717) is 18.0 Å². The first kappa shape index (κ1) is 21.9. The van der Waals surface area contributed by atoms with Crippen molar-refractivity contribution in [1.82, 2.24) is 5.32 Å². The summed E-state index contributed by atoms with van der Waals surface area (Å²) in [4.78, 5) is 13.1. The lowest BCUT2D eigenvalue weighted by Crippen LogP contribution is -2.50. The van der Waals surface area contributed by atoms with Crippen LogP contribution in [0.15, 0.2) is 71.6 Å². The smallest absolute Gasteiger partial charge is 0.264 e. The van der Waals surface area contributed by atoms with Crippen LogP contribution in [0, 0.1) is 20.8 Å². The van der Waals surface area contributed by atoms with Crippen molar-refractivity contribution in [2.24, 2.45) is 0 Å². The second kappa shape index (κ2) is 8.67. The van der Waals surface area contributed by atoms with Gasteiger partial charge in [0, 0.05) is 6.54 Å². The van der Waals surface area contributed by atoms with Crippen LogP contribution in [-0.2, 0) is 21.4 Å². The summed E-state index contributed by atoms with van der Waals surface area (Å²) in [6, 6.07) is 19.8. The van der Waals surface area contributed by atoms with E-state index >= 15 is 0 Å². The first-order valence-corrected chi connectivity index (χ1v) is 11.9. The largest absolute Gasteiger partial charge is 0.476 e. The first-order valence-electron chi connectivity index (χ1n) is 10.4. The zero-order valence-corrected chi connectivity index (χ0v) is 19.1. The zero-order valence-electron chi connectivity index (χ0n) is 18.3. The van der Waals surface area contributed by atoms with Crippen LogP contribution in [-0.4, -0.2) is 27.0 Å². The molecular formula is C25H26N2O4S. The molecule has 3 aromatic rings. The van der Waals surface area contributed by atoms with Crippen molar-refractivity contribution in [3.05, 3.63) is 89.0 Å². The minimum Gasteiger partial charge on any atom is -0.476 e.